The van der Waals surface area contributed by atoms with Crippen LogP contribution in [0.25, 0.3) is 0 Å². The van der Waals surface area contributed by atoms with Gasteiger partial charge >= 0.3 is 6.18 Å². The van der Waals surface area contributed by atoms with E-state index in [0.29, 0.717) is 17.0 Å². The third-order valence-corrected chi connectivity index (χ3v) is 3.40. The molecule has 0 fully saturated rings. The van der Waals surface area contributed by atoms with E-state index in [-0.39, 0.29) is 0 Å². The number of hydrazone groups is 1. The van der Waals surface area contributed by atoms with Gasteiger partial charge in [-0.15, -0.1) is 0 Å². The molecule has 0 spiro atoms. The van der Waals surface area contributed by atoms with Gasteiger partial charge in [0.2, 0.25) is 0 Å². The molecule has 118 valence electrons. The number of benzene rings is 1. The first kappa shape index (κ1) is 16.1. The van der Waals surface area contributed by atoms with Crippen LogP contribution in [-0.2, 0) is 6.54 Å². The number of hydrogen-bond acceptors (Lipinski definition) is 2. The summed E-state index contributed by atoms with van der Waals surface area (Å²) in [6, 6.07) is 9.38. The predicted molar refractivity (Wildman–Crippen MR) is 82.4 cm³/mol. The maximum atomic E-state index is 12.5. The highest BCUT2D eigenvalue weighted by Crippen LogP contribution is 2.22. The molecule has 0 aliphatic carbocycles. The van der Waals surface area contributed by atoms with Crippen LogP contribution in [0.3, 0.4) is 0 Å². The molecule has 3 nitrogen and oxygen atoms in total. The number of alkyl halides is 3. The van der Waals surface area contributed by atoms with Gasteiger partial charge in [-0.3, -0.25) is 5.43 Å². The fraction of sp³-hybridized carbons (Fsp3) is 0.312. The number of nitrogens with one attached hydrogen (secondary N) is 1. The lowest BCUT2D eigenvalue weighted by Gasteiger charge is -2.12. The van der Waals surface area contributed by atoms with Crippen molar-refractivity contribution in [2.45, 2.75) is 33.5 Å². The van der Waals surface area contributed by atoms with Gasteiger partial charge in [0.05, 0.1) is 11.9 Å². The van der Waals surface area contributed by atoms with Crippen molar-refractivity contribution in [2.75, 3.05) is 5.43 Å². The summed E-state index contributed by atoms with van der Waals surface area (Å²) in [4.78, 5) is 0. The lowest BCUT2D eigenvalue weighted by Crippen LogP contribution is -2.19. The van der Waals surface area contributed by atoms with Gasteiger partial charge in [0.15, 0.2) is 0 Å². The second kappa shape index (κ2) is 6.25. The molecule has 6 heteroatoms. The lowest BCUT2D eigenvalue weighted by atomic mass is 10.2. The van der Waals surface area contributed by atoms with Crippen molar-refractivity contribution in [3.05, 3.63) is 52.8 Å². The zero-order valence-corrected chi connectivity index (χ0v) is 12.7. The number of nitrogens with zero attached hydrogens (tertiary/aromatic N) is 2. The quantitative estimate of drug-likeness (QED) is 0.657. The van der Waals surface area contributed by atoms with Crippen LogP contribution >= 0.6 is 0 Å². The molecule has 0 saturated carbocycles. The second-order valence-corrected chi connectivity index (χ2v) is 5.26. The van der Waals surface area contributed by atoms with Crippen molar-refractivity contribution in [1.82, 2.24) is 4.57 Å². The molecule has 22 heavy (non-hydrogen) atoms. The van der Waals surface area contributed by atoms with Crippen molar-refractivity contribution in [3.8, 4) is 0 Å². The first-order valence-corrected chi connectivity index (χ1v) is 6.85. The monoisotopic (exact) mass is 309 g/mol. The molecule has 0 aliphatic rings. The van der Waals surface area contributed by atoms with E-state index in [9.17, 15) is 13.2 Å². The molecule has 0 aliphatic heterocycles. The Balaban J connectivity index is 2.11. The van der Waals surface area contributed by atoms with Crippen LogP contribution < -0.4 is 5.43 Å². The number of halogens is 3. The SMILES string of the molecule is Cc1ccc(N/N=C/c2cc(C)n(CC(F)(F)F)c2C)cc1. The van der Waals surface area contributed by atoms with Crippen molar-refractivity contribution in [3.63, 3.8) is 0 Å². The Bertz CT molecular complexity index is 667. The zero-order valence-electron chi connectivity index (χ0n) is 12.7. The van der Waals surface area contributed by atoms with E-state index in [4.69, 9.17) is 0 Å². The lowest BCUT2D eigenvalue weighted by molar-refractivity contribution is -0.141. The van der Waals surface area contributed by atoms with Crippen LogP contribution in [0.5, 0.6) is 0 Å². The number of rotatable bonds is 4. The summed E-state index contributed by atoms with van der Waals surface area (Å²) in [5.74, 6) is 0. The highest BCUT2D eigenvalue weighted by Gasteiger charge is 2.29. The minimum atomic E-state index is -4.23. The third-order valence-electron chi connectivity index (χ3n) is 3.40. The third kappa shape index (κ3) is 4.13. The van der Waals surface area contributed by atoms with Crippen molar-refractivity contribution >= 4 is 11.9 Å². The van der Waals surface area contributed by atoms with Gasteiger partial charge < -0.3 is 4.57 Å². The van der Waals surface area contributed by atoms with Crippen LogP contribution in [-0.4, -0.2) is 17.0 Å². The smallest absolute Gasteiger partial charge is 0.339 e. The standard InChI is InChI=1S/C16H18F3N3/c1-11-4-6-15(7-5-11)21-20-9-14-8-12(2)22(13(14)3)10-16(17,18)19/h4-9,21H,10H2,1-3H3/b20-9+. The number of aromatic nitrogens is 1. The van der Waals surface area contributed by atoms with Crippen LogP contribution in [0, 0.1) is 20.8 Å². The highest BCUT2D eigenvalue weighted by atomic mass is 19.4. The van der Waals surface area contributed by atoms with Gasteiger partial charge in [0, 0.05) is 17.0 Å². The minimum absolute atomic E-state index is 0.546. The molecule has 0 atom stereocenters. The molecule has 1 N–H and O–H groups in total. The first-order chi connectivity index (χ1) is 10.3. The van der Waals surface area contributed by atoms with Gasteiger partial charge in [-0.1, -0.05) is 17.7 Å². The summed E-state index contributed by atoms with van der Waals surface area (Å²) in [5.41, 5.74) is 6.61. The van der Waals surface area contributed by atoms with Crippen LogP contribution in [0.1, 0.15) is 22.5 Å². The van der Waals surface area contributed by atoms with Gasteiger partial charge in [0.25, 0.3) is 0 Å². The van der Waals surface area contributed by atoms with Crippen LogP contribution in [0.4, 0.5) is 18.9 Å². The van der Waals surface area contributed by atoms with Gasteiger partial charge in [-0.05, 0) is 39.0 Å². The summed E-state index contributed by atoms with van der Waals surface area (Å²) in [6.07, 6.45) is -2.70. The number of aryl methyl sites for hydroxylation is 2. The van der Waals surface area contributed by atoms with E-state index in [0.717, 1.165) is 11.3 Å². The van der Waals surface area contributed by atoms with E-state index in [1.165, 1.54) is 10.8 Å². The summed E-state index contributed by atoms with van der Waals surface area (Å²) < 4.78 is 38.9. The Morgan fingerprint density at radius 1 is 1.14 bits per heavy atom. The van der Waals surface area contributed by atoms with Gasteiger partial charge in [0.1, 0.15) is 6.54 Å². The van der Waals surface area contributed by atoms with E-state index < -0.39 is 12.7 Å². The Labute approximate surface area is 127 Å². The summed E-state index contributed by atoms with van der Waals surface area (Å²) in [5, 5.41) is 4.08. The van der Waals surface area contributed by atoms with Crippen molar-refractivity contribution in [2.24, 2.45) is 5.10 Å². The Kier molecular flexibility index (Phi) is 4.59. The first-order valence-electron chi connectivity index (χ1n) is 6.85. The maximum absolute atomic E-state index is 12.5. The van der Waals surface area contributed by atoms with E-state index in [1.54, 1.807) is 19.9 Å². The normalized spacial score (nSPS) is 12.1. The average molecular weight is 309 g/mol. The number of hydrogen-bond donors (Lipinski definition) is 1. The molecule has 1 aromatic carbocycles. The predicted octanol–water partition coefficient (Wildman–Crippen LogP) is 4.42. The highest BCUT2D eigenvalue weighted by molar-refractivity contribution is 5.82. The molecule has 0 amide bonds. The fourth-order valence-corrected chi connectivity index (χ4v) is 2.19. The topological polar surface area (TPSA) is 29.3 Å². The zero-order chi connectivity index (χ0) is 16.3. The van der Waals surface area contributed by atoms with Gasteiger partial charge in [-0.2, -0.15) is 18.3 Å². The molecule has 1 aromatic heterocycles. The molecule has 2 aromatic rings. The van der Waals surface area contributed by atoms with E-state index in [1.807, 2.05) is 31.2 Å². The van der Waals surface area contributed by atoms with E-state index in [2.05, 4.69) is 10.5 Å². The fourth-order valence-electron chi connectivity index (χ4n) is 2.19. The molecular formula is C16H18F3N3. The van der Waals surface area contributed by atoms with E-state index >= 15 is 0 Å². The largest absolute Gasteiger partial charge is 0.406 e. The molecule has 2 rings (SSSR count). The average Bonchev–Trinajstić information content (AvgIpc) is 2.67. The molecule has 0 bridgehead atoms. The summed E-state index contributed by atoms with van der Waals surface area (Å²) in [7, 11) is 0. The molecule has 0 radical (unpaired) electrons. The molecule has 0 unspecified atom stereocenters. The number of anilines is 1. The Morgan fingerprint density at radius 2 is 1.77 bits per heavy atom. The molecular weight excluding hydrogens is 291 g/mol. The Hall–Kier alpha value is -2.24. The summed E-state index contributed by atoms with van der Waals surface area (Å²) in [6.45, 7) is 4.32. The summed E-state index contributed by atoms with van der Waals surface area (Å²) >= 11 is 0. The molecule has 0 saturated heterocycles. The van der Waals surface area contributed by atoms with Crippen molar-refractivity contribution in [1.29, 1.82) is 0 Å². The van der Waals surface area contributed by atoms with Crippen LogP contribution in [0.15, 0.2) is 35.4 Å². The second-order valence-electron chi connectivity index (χ2n) is 5.26. The van der Waals surface area contributed by atoms with Crippen molar-refractivity contribution < 1.29 is 13.2 Å². The minimum Gasteiger partial charge on any atom is -0.339 e. The van der Waals surface area contributed by atoms with Crippen LogP contribution in [0.2, 0.25) is 0 Å². The van der Waals surface area contributed by atoms with Gasteiger partial charge in [-0.25, -0.2) is 0 Å². The Morgan fingerprint density at radius 3 is 2.36 bits per heavy atom. The molecule has 1 heterocycles. The maximum Gasteiger partial charge on any atom is 0.406 e.